The number of carbonyl (C=O) groups is 1. The Morgan fingerprint density at radius 1 is 1.24 bits per heavy atom. The first-order chi connectivity index (χ1) is 12.0. The molecule has 2 saturated heterocycles. The van der Waals surface area contributed by atoms with E-state index >= 15 is 0 Å². The number of nitrogens with zero attached hydrogens (tertiary/aromatic N) is 5. The number of fused-ring (bicyclic) bond motifs is 5. The van der Waals surface area contributed by atoms with E-state index < -0.39 is 6.09 Å². The minimum absolute atomic E-state index is 0.0654. The highest BCUT2D eigenvalue weighted by Crippen LogP contribution is 2.43. The van der Waals surface area contributed by atoms with E-state index in [4.69, 9.17) is 27.9 Å². The summed E-state index contributed by atoms with van der Waals surface area (Å²) in [5.41, 5.74) is 0.568. The third-order valence-corrected chi connectivity index (χ3v) is 5.61. The minimum atomic E-state index is -0.888. The Hall–Kier alpha value is -2.06. The highest BCUT2D eigenvalue weighted by atomic mass is 35.5. The average molecular weight is 382 g/mol. The Morgan fingerprint density at radius 2 is 2.08 bits per heavy atom. The van der Waals surface area contributed by atoms with Gasteiger partial charge in [-0.15, -0.1) is 0 Å². The van der Waals surface area contributed by atoms with Crippen LogP contribution in [0.2, 0.25) is 10.4 Å². The van der Waals surface area contributed by atoms with Gasteiger partial charge >= 0.3 is 6.09 Å². The van der Waals surface area contributed by atoms with Gasteiger partial charge in [0.25, 0.3) is 0 Å². The lowest BCUT2D eigenvalue weighted by Crippen LogP contribution is -2.62. The number of hydrogen-bond acceptors (Lipinski definition) is 6. The fourth-order valence-corrected chi connectivity index (χ4v) is 4.66. The Kier molecular flexibility index (Phi) is 3.18. The molecule has 0 radical (unpaired) electrons. The van der Waals surface area contributed by atoms with Crippen LogP contribution in [0, 0.1) is 0 Å². The van der Waals surface area contributed by atoms with Gasteiger partial charge < -0.3 is 14.7 Å². The number of carboxylic acid groups (broad SMARTS) is 1. The third-order valence-electron chi connectivity index (χ3n) is 5.25. The van der Waals surface area contributed by atoms with Crippen LogP contribution >= 0.6 is 23.2 Å². The Balaban J connectivity index is 1.70. The van der Waals surface area contributed by atoms with Gasteiger partial charge in [0.2, 0.25) is 11.2 Å². The van der Waals surface area contributed by atoms with Crippen molar-refractivity contribution in [2.75, 3.05) is 18.1 Å². The van der Waals surface area contributed by atoms with Crippen LogP contribution in [0.15, 0.2) is 6.07 Å². The number of rotatable bonds is 0. The number of piperazine rings is 1. The van der Waals surface area contributed by atoms with E-state index in [1.807, 2.05) is 0 Å². The normalized spacial score (nSPS) is 27.0. The molecular formula is C15H13Cl2N5O3. The molecule has 5 heterocycles. The highest BCUT2D eigenvalue weighted by molar-refractivity contribution is 6.31. The first-order valence-electron chi connectivity index (χ1n) is 7.97. The molecule has 0 aromatic carbocycles. The zero-order valence-corrected chi connectivity index (χ0v) is 14.4. The van der Waals surface area contributed by atoms with Crippen LogP contribution in [0.1, 0.15) is 12.8 Å². The lowest BCUT2D eigenvalue weighted by atomic mass is 10.0. The van der Waals surface area contributed by atoms with Gasteiger partial charge in [-0.2, -0.15) is 4.98 Å². The van der Waals surface area contributed by atoms with Crippen LogP contribution in [0.25, 0.3) is 10.9 Å². The second-order valence-corrected chi connectivity index (χ2v) is 7.20. The van der Waals surface area contributed by atoms with Crippen molar-refractivity contribution in [3.63, 3.8) is 0 Å². The van der Waals surface area contributed by atoms with E-state index in [0.717, 1.165) is 12.8 Å². The van der Waals surface area contributed by atoms with Crippen molar-refractivity contribution < 1.29 is 14.6 Å². The molecule has 0 spiro atoms. The molecule has 3 unspecified atom stereocenters. The van der Waals surface area contributed by atoms with E-state index in [1.165, 1.54) is 0 Å². The summed E-state index contributed by atoms with van der Waals surface area (Å²) in [6.07, 6.45) is 0.743. The van der Waals surface area contributed by atoms with Gasteiger partial charge in [-0.1, -0.05) is 11.6 Å². The molecule has 130 valence electrons. The van der Waals surface area contributed by atoms with Crippen molar-refractivity contribution >= 4 is 46.0 Å². The zero-order chi connectivity index (χ0) is 17.3. The van der Waals surface area contributed by atoms with Crippen molar-refractivity contribution in [1.29, 1.82) is 0 Å². The van der Waals surface area contributed by atoms with Crippen LogP contribution in [0.4, 0.5) is 10.6 Å². The Morgan fingerprint density at radius 3 is 2.88 bits per heavy atom. The number of anilines is 1. The van der Waals surface area contributed by atoms with Gasteiger partial charge in [0.05, 0.1) is 23.6 Å². The number of ether oxygens (including phenoxy) is 1. The summed E-state index contributed by atoms with van der Waals surface area (Å²) in [6.45, 7) is 0.846. The number of pyridine rings is 1. The number of amides is 1. The van der Waals surface area contributed by atoms with Crippen LogP contribution < -0.4 is 9.64 Å². The molecule has 25 heavy (non-hydrogen) atoms. The molecule has 5 rings (SSSR count). The summed E-state index contributed by atoms with van der Waals surface area (Å²) in [7, 11) is 0. The molecule has 3 atom stereocenters. The summed E-state index contributed by atoms with van der Waals surface area (Å²) < 4.78 is 5.91. The first-order valence-corrected chi connectivity index (χ1v) is 8.73. The molecule has 2 aromatic heterocycles. The van der Waals surface area contributed by atoms with Crippen molar-refractivity contribution in [2.45, 2.75) is 31.0 Å². The second-order valence-electron chi connectivity index (χ2n) is 6.48. The molecule has 3 aliphatic heterocycles. The van der Waals surface area contributed by atoms with E-state index in [1.54, 1.807) is 11.0 Å². The van der Waals surface area contributed by atoms with Crippen molar-refractivity contribution in [1.82, 2.24) is 19.9 Å². The summed E-state index contributed by atoms with van der Waals surface area (Å²) in [6, 6.07) is 1.26. The fraction of sp³-hybridized carbons (Fsp3) is 0.467. The van der Waals surface area contributed by atoms with Crippen LogP contribution in [-0.2, 0) is 0 Å². The predicted molar refractivity (Wildman–Crippen MR) is 90.7 cm³/mol. The van der Waals surface area contributed by atoms with E-state index in [-0.39, 0.29) is 28.6 Å². The van der Waals surface area contributed by atoms with Crippen LogP contribution in [0.5, 0.6) is 5.88 Å². The molecule has 2 aromatic rings. The SMILES string of the molecule is O=C(O)N1C2CCC1C1COc3nc(Cl)cc4nc(Cl)nc(c34)N1C2. The maximum absolute atomic E-state index is 11.7. The molecule has 1 amide bonds. The standard InChI is InChI=1S/C15H13Cl2N5O3/c16-10-3-7-11-12(20-14(17)18-7)21-4-6-1-2-8(22(6)15(23)24)9(21)5-25-13(11)19-10/h3,6,8-9H,1-2,4-5H2,(H,23,24). The topological polar surface area (TPSA) is 91.7 Å². The first kappa shape index (κ1) is 15.2. The van der Waals surface area contributed by atoms with Crippen LogP contribution in [0.3, 0.4) is 0 Å². The van der Waals surface area contributed by atoms with E-state index in [0.29, 0.717) is 35.8 Å². The van der Waals surface area contributed by atoms with Crippen molar-refractivity contribution in [2.24, 2.45) is 0 Å². The molecule has 1 N–H and O–H groups in total. The third kappa shape index (κ3) is 2.13. The molecule has 10 heteroatoms. The number of halogens is 2. The Labute approximate surface area is 152 Å². The van der Waals surface area contributed by atoms with Gasteiger partial charge in [0.1, 0.15) is 23.0 Å². The van der Waals surface area contributed by atoms with E-state index in [2.05, 4.69) is 19.9 Å². The zero-order valence-electron chi connectivity index (χ0n) is 12.9. The van der Waals surface area contributed by atoms with E-state index in [9.17, 15) is 9.90 Å². The van der Waals surface area contributed by atoms with Crippen molar-refractivity contribution in [3.8, 4) is 5.88 Å². The van der Waals surface area contributed by atoms with Gasteiger partial charge in [0.15, 0.2) is 0 Å². The van der Waals surface area contributed by atoms with Gasteiger partial charge in [-0.25, -0.2) is 14.8 Å². The van der Waals surface area contributed by atoms with Gasteiger partial charge in [-0.05, 0) is 24.4 Å². The maximum Gasteiger partial charge on any atom is 0.407 e. The number of hydrogen-bond donors (Lipinski definition) is 1. The summed E-state index contributed by atoms with van der Waals surface area (Å²) in [5.74, 6) is 1.000. The van der Waals surface area contributed by atoms with Crippen LogP contribution in [-0.4, -0.2) is 62.3 Å². The second kappa shape index (κ2) is 5.22. The maximum atomic E-state index is 11.7. The molecule has 3 aliphatic rings. The average Bonchev–Trinajstić information content (AvgIpc) is 2.79. The lowest BCUT2D eigenvalue weighted by Gasteiger charge is -2.45. The number of aromatic nitrogens is 3. The van der Waals surface area contributed by atoms with Gasteiger partial charge in [0, 0.05) is 12.6 Å². The highest BCUT2D eigenvalue weighted by Gasteiger charge is 2.50. The van der Waals surface area contributed by atoms with Gasteiger partial charge in [-0.3, -0.25) is 4.90 Å². The largest absolute Gasteiger partial charge is 0.475 e. The molecular weight excluding hydrogens is 369 g/mol. The molecule has 0 aliphatic carbocycles. The molecule has 2 bridgehead atoms. The summed E-state index contributed by atoms with van der Waals surface area (Å²) in [4.78, 5) is 28.2. The fourth-order valence-electron chi connectivity index (χ4n) is 4.30. The van der Waals surface area contributed by atoms with Crippen molar-refractivity contribution in [3.05, 3.63) is 16.5 Å². The predicted octanol–water partition coefficient (Wildman–Crippen LogP) is 2.42. The summed E-state index contributed by atoms with van der Waals surface area (Å²) in [5, 5.41) is 10.6. The Bertz CT molecular complexity index is 905. The lowest BCUT2D eigenvalue weighted by molar-refractivity contribution is 0.0908. The smallest absolute Gasteiger partial charge is 0.407 e. The minimum Gasteiger partial charge on any atom is -0.475 e. The quantitative estimate of drug-likeness (QED) is 0.553. The molecule has 2 fully saturated rings. The molecule has 0 saturated carbocycles. The summed E-state index contributed by atoms with van der Waals surface area (Å²) >= 11 is 12.2. The monoisotopic (exact) mass is 381 g/mol. The molecule has 8 nitrogen and oxygen atoms in total.